The minimum Gasteiger partial charge on any atom is -0.120 e. The first-order valence-electron chi connectivity index (χ1n) is 4.81. The van der Waals surface area contributed by atoms with Crippen LogP contribution in [0.15, 0.2) is 0 Å². The Bertz CT molecular complexity index is 59.3. The summed E-state index contributed by atoms with van der Waals surface area (Å²) in [6.45, 7) is 10.5. The van der Waals surface area contributed by atoms with Crippen LogP contribution in [0.3, 0.4) is 0 Å². The first-order chi connectivity index (χ1) is 5.12. The summed E-state index contributed by atoms with van der Waals surface area (Å²) in [4.78, 5) is 0.0729. The van der Waals surface area contributed by atoms with Crippen molar-refractivity contribution < 1.29 is 0 Å². The number of hydrogen-bond donors (Lipinski definition) is 0. The molecule has 11 heavy (non-hydrogen) atoms. The Morgan fingerprint density at radius 2 is 1.27 bits per heavy atom. The molecule has 0 heterocycles. The minimum absolute atomic E-state index is 0.0729. The highest BCUT2D eigenvalue weighted by molar-refractivity contribution is 6.23. The standard InChI is InChI=1S/C8H17Cl.C2H6/c1-4-6-8(3,9)7-5-2;1-2/h4-7H2,1-3H3;1-2H3. The first-order valence-corrected chi connectivity index (χ1v) is 5.19. The Balaban J connectivity index is 0. The molecule has 0 aromatic rings. The van der Waals surface area contributed by atoms with E-state index >= 15 is 0 Å². The molecule has 0 aliphatic rings. The van der Waals surface area contributed by atoms with Gasteiger partial charge in [0.25, 0.3) is 0 Å². The zero-order chi connectivity index (χ0) is 9.33. The molecule has 0 unspecified atom stereocenters. The molecule has 0 nitrogen and oxygen atoms in total. The molecule has 0 atom stereocenters. The Hall–Kier alpha value is 0.290. The van der Waals surface area contributed by atoms with Crippen LogP contribution in [-0.4, -0.2) is 4.87 Å². The Morgan fingerprint density at radius 1 is 1.00 bits per heavy atom. The molecule has 0 aromatic carbocycles. The molecule has 0 saturated heterocycles. The van der Waals surface area contributed by atoms with E-state index in [1.807, 2.05) is 13.8 Å². The second-order valence-electron chi connectivity index (χ2n) is 2.91. The van der Waals surface area contributed by atoms with E-state index < -0.39 is 0 Å². The van der Waals surface area contributed by atoms with Crippen molar-refractivity contribution in [2.24, 2.45) is 0 Å². The van der Waals surface area contributed by atoms with E-state index in [1.165, 1.54) is 12.8 Å². The van der Waals surface area contributed by atoms with Gasteiger partial charge in [0.05, 0.1) is 0 Å². The third-order valence-corrected chi connectivity index (χ3v) is 1.92. The molecule has 0 aliphatic carbocycles. The van der Waals surface area contributed by atoms with E-state index in [-0.39, 0.29) is 4.87 Å². The van der Waals surface area contributed by atoms with E-state index in [0.29, 0.717) is 0 Å². The predicted molar refractivity (Wildman–Crippen MR) is 55.4 cm³/mol. The van der Waals surface area contributed by atoms with Crippen LogP contribution in [-0.2, 0) is 0 Å². The molecule has 0 fully saturated rings. The van der Waals surface area contributed by atoms with E-state index in [4.69, 9.17) is 11.6 Å². The zero-order valence-electron chi connectivity index (χ0n) is 8.71. The smallest absolute Gasteiger partial charge is 0.0418 e. The van der Waals surface area contributed by atoms with Gasteiger partial charge < -0.3 is 0 Å². The van der Waals surface area contributed by atoms with Gasteiger partial charge in [-0.05, 0) is 19.8 Å². The SMILES string of the molecule is CC.CCCC(C)(Cl)CCC. The predicted octanol–water partition coefficient (Wildman–Crippen LogP) is 4.61. The molecule has 0 bridgehead atoms. The molecule has 70 valence electrons. The summed E-state index contributed by atoms with van der Waals surface area (Å²) in [5.74, 6) is 0. The Labute approximate surface area is 77.3 Å². The van der Waals surface area contributed by atoms with E-state index in [9.17, 15) is 0 Å². The fraction of sp³-hybridized carbons (Fsp3) is 1.00. The molecule has 1 heteroatoms. The molecular formula is C10H23Cl. The molecular weight excluding hydrogens is 156 g/mol. The molecule has 0 aromatic heterocycles. The largest absolute Gasteiger partial charge is 0.120 e. The van der Waals surface area contributed by atoms with Gasteiger partial charge in [0.1, 0.15) is 0 Å². The van der Waals surface area contributed by atoms with Crippen LogP contribution in [0.5, 0.6) is 0 Å². The van der Waals surface area contributed by atoms with Gasteiger partial charge in [-0.2, -0.15) is 0 Å². The maximum atomic E-state index is 6.14. The third kappa shape index (κ3) is 10.3. The molecule has 0 N–H and O–H groups in total. The van der Waals surface area contributed by atoms with Crippen LogP contribution >= 0.6 is 11.6 Å². The second kappa shape index (κ2) is 8.39. The van der Waals surface area contributed by atoms with Gasteiger partial charge >= 0.3 is 0 Å². The quantitative estimate of drug-likeness (QED) is 0.552. The second-order valence-corrected chi connectivity index (χ2v) is 3.83. The van der Waals surface area contributed by atoms with Crippen molar-refractivity contribution in [1.82, 2.24) is 0 Å². The van der Waals surface area contributed by atoms with Gasteiger partial charge in [0.2, 0.25) is 0 Å². The highest BCUT2D eigenvalue weighted by atomic mass is 35.5. The summed E-state index contributed by atoms with van der Waals surface area (Å²) >= 11 is 6.14. The van der Waals surface area contributed by atoms with E-state index in [1.54, 1.807) is 0 Å². The van der Waals surface area contributed by atoms with Crippen LogP contribution in [0.2, 0.25) is 0 Å². The average Bonchev–Trinajstić information content (AvgIpc) is 1.91. The van der Waals surface area contributed by atoms with Gasteiger partial charge in [0.15, 0.2) is 0 Å². The van der Waals surface area contributed by atoms with Crippen molar-refractivity contribution in [2.75, 3.05) is 0 Å². The van der Waals surface area contributed by atoms with Gasteiger partial charge in [0, 0.05) is 4.87 Å². The van der Waals surface area contributed by atoms with Crippen LogP contribution in [0, 0.1) is 0 Å². The normalized spacial score (nSPS) is 10.4. The van der Waals surface area contributed by atoms with Crippen molar-refractivity contribution in [3.05, 3.63) is 0 Å². The molecule has 0 saturated carbocycles. The molecule has 0 rings (SSSR count). The van der Waals surface area contributed by atoms with E-state index in [0.717, 1.165) is 12.8 Å². The lowest BCUT2D eigenvalue weighted by atomic mass is 10.00. The first kappa shape index (κ1) is 13.9. The van der Waals surface area contributed by atoms with Crippen LogP contribution in [0.4, 0.5) is 0 Å². The molecule has 0 amide bonds. The lowest BCUT2D eigenvalue weighted by molar-refractivity contribution is 0.518. The number of alkyl halides is 1. The number of halogens is 1. The lowest BCUT2D eigenvalue weighted by Gasteiger charge is -2.19. The van der Waals surface area contributed by atoms with Crippen LogP contribution in [0.25, 0.3) is 0 Å². The van der Waals surface area contributed by atoms with Gasteiger partial charge in [-0.15, -0.1) is 11.6 Å². The number of hydrogen-bond acceptors (Lipinski definition) is 0. The van der Waals surface area contributed by atoms with Gasteiger partial charge in [-0.25, -0.2) is 0 Å². The summed E-state index contributed by atoms with van der Waals surface area (Å²) in [5, 5.41) is 0. The minimum atomic E-state index is 0.0729. The molecule has 0 radical (unpaired) electrons. The van der Waals surface area contributed by atoms with Crippen molar-refractivity contribution in [3.63, 3.8) is 0 Å². The van der Waals surface area contributed by atoms with Crippen LogP contribution < -0.4 is 0 Å². The van der Waals surface area contributed by atoms with Gasteiger partial charge in [-0.3, -0.25) is 0 Å². The fourth-order valence-corrected chi connectivity index (χ4v) is 1.55. The monoisotopic (exact) mass is 178 g/mol. The maximum Gasteiger partial charge on any atom is 0.0418 e. The summed E-state index contributed by atoms with van der Waals surface area (Å²) in [6.07, 6.45) is 4.67. The van der Waals surface area contributed by atoms with Crippen molar-refractivity contribution in [2.45, 2.75) is 65.2 Å². The maximum absolute atomic E-state index is 6.14. The summed E-state index contributed by atoms with van der Waals surface area (Å²) in [7, 11) is 0. The van der Waals surface area contributed by atoms with E-state index in [2.05, 4.69) is 20.8 Å². The average molecular weight is 179 g/mol. The molecule has 0 aliphatic heterocycles. The van der Waals surface area contributed by atoms with Crippen molar-refractivity contribution in [1.29, 1.82) is 0 Å². The topological polar surface area (TPSA) is 0 Å². The van der Waals surface area contributed by atoms with Gasteiger partial charge in [-0.1, -0.05) is 40.5 Å². The highest BCUT2D eigenvalue weighted by Crippen LogP contribution is 2.25. The summed E-state index contributed by atoms with van der Waals surface area (Å²) < 4.78 is 0. The highest BCUT2D eigenvalue weighted by Gasteiger charge is 2.16. The molecule has 0 spiro atoms. The Kier molecular flexibility index (Phi) is 10.6. The third-order valence-electron chi connectivity index (χ3n) is 1.54. The summed E-state index contributed by atoms with van der Waals surface area (Å²) in [5.41, 5.74) is 0. The number of rotatable bonds is 4. The summed E-state index contributed by atoms with van der Waals surface area (Å²) in [6, 6.07) is 0. The van der Waals surface area contributed by atoms with Crippen LogP contribution in [0.1, 0.15) is 60.3 Å². The van der Waals surface area contributed by atoms with Crippen molar-refractivity contribution in [3.8, 4) is 0 Å². The fourth-order valence-electron chi connectivity index (χ4n) is 1.17. The Morgan fingerprint density at radius 3 is 1.45 bits per heavy atom. The van der Waals surface area contributed by atoms with Crippen molar-refractivity contribution >= 4 is 11.6 Å². The lowest BCUT2D eigenvalue weighted by Crippen LogP contribution is -2.14. The zero-order valence-corrected chi connectivity index (χ0v) is 9.46.